The number of aliphatic imine (C=N–C) groups is 1. The van der Waals surface area contributed by atoms with E-state index in [2.05, 4.69) is 10.3 Å². The highest BCUT2D eigenvalue weighted by Gasteiger charge is 2.50. The Bertz CT molecular complexity index is 688. The Balaban J connectivity index is 2.12. The van der Waals surface area contributed by atoms with Gasteiger partial charge in [-0.2, -0.15) is 0 Å². The molecule has 3 rings (SSSR count). The van der Waals surface area contributed by atoms with Crippen LogP contribution in [0, 0.1) is 11.7 Å². The SMILES string of the molecule is Nc1ccc(F)c([C@]23C[C@H](CF)OC[C@H]2CSC(NC(=O)O)=N3)c1. The topological polar surface area (TPSA) is 96.9 Å². The maximum atomic E-state index is 14.5. The van der Waals surface area contributed by atoms with Crippen LogP contribution < -0.4 is 11.1 Å². The Morgan fingerprint density at radius 3 is 3.08 bits per heavy atom. The van der Waals surface area contributed by atoms with Crippen LogP contribution in [0.1, 0.15) is 12.0 Å². The van der Waals surface area contributed by atoms with Gasteiger partial charge in [0, 0.05) is 29.3 Å². The van der Waals surface area contributed by atoms with E-state index < -0.39 is 30.2 Å². The zero-order valence-electron chi connectivity index (χ0n) is 12.7. The molecule has 0 spiro atoms. The fourth-order valence-electron chi connectivity index (χ4n) is 3.20. The number of halogens is 2. The van der Waals surface area contributed by atoms with Crippen molar-refractivity contribution in [1.82, 2.24) is 5.32 Å². The lowest BCUT2D eigenvalue weighted by Gasteiger charge is -2.46. The van der Waals surface area contributed by atoms with Crippen LogP contribution in [0.4, 0.5) is 19.3 Å². The van der Waals surface area contributed by atoms with Crippen molar-refractivity contribution in [2.75, 3.05) is 24.8 Å². The second-order valence-corrected chi connectivity index (χ2v) is 6.84. The zero-order valence-corrected chi connectivity index (χ0v) is 13.5. The van der Waals surface area contributed by atoms with Gasteiger partial charge >= 0.3 is 6.09 Å². The van der Waals surface area contributed by atoms with Gasteiger partial charge < -0.3 is 15.6 Å². The number of nitrogen functional groups attached to an aromatic ring is 1. The van der Waals surface area contributed by atoms with Crippen molar-refractivity contribution in [3.63, 3.8) is 0 Å². The van der Waals surface area contributed by atoms with E-state index >= 15 is 0 Å². The van der Waals surface area contributed by atoms with Crippen LogP contribution in [0.2, 0.25) is 0 Å². The molecule has 9 heteroatoms. The third-order valence-electron chi connectivity index (χ3n) is 4.31. The quantitative estimate of drug-likeness (QED) is 0.706. The lowest BCUT2D eigenvalue weighted by atomic mass is 9.73. The van der Waals surface area contributed by atoms with E-state index in [0.717, 1.165) is 0 Å². The molecule has 1 amide bonds. The minimum Gasteiger partial charge on any atom is -0.465 e. The predicted molar refractivity (Wildman–Crippen MR) is 87.4 cm³/mol. The molecule has 3 atom stereocenters. The highest BCUT2D eigenvalue weighted by molar-refractivity contribution is 8.13. The molecular weight excluding hydrogens is 340 g/mol. The average molecular weight is 357 g/mol. The number of nitrogens with two attached hydrogens (primary N) is 1. The summed E-state index contributed by atoms with van der Waals surface area (Å²) in [5.74, 6) is -0.230. The summed E-state index contributed by atoms with van der Waals surface area (Å²) in [5, 5.41) is 11.3. The van der Waals surface area contributed by atoms with Gasteiger partial charge in [0.15, 0.2) is 5.17 Å². The number of amides is 1. The summed E-state index contributed by atoms with van der Waals surface area (Å²) in [6.45, 7) is -0.498. The van der Waals surface area contributed by atoms with Gasteiger partial charge in [-0.3, -0.25) is 10.3 Å². The van der Waals surface area contributed by atoms with E-state index in [-0.39, 0.29) is 29.7 Å². The van der Waals surface area contributed by atoms with Crippen LogP contribution >= 0.6 is 11.8 Å². The molecule has 130 valence electrons. The molecule has 0 radical (unpaired) electrons. The zero-order chi connectivity index (χ0) is 17.3. The molecule has 0 bridgehead atoms. The number of benzene rings is 1. The molecule has 1 fully saturated rings. The summed E-state index contributed by atoms with van der Waals surface area (Å²) in [6, 6.07) is 4.17. The molecule has 0 saturated carbocycles. The molecule has 2 heterocycles. The first-order chi connectivity index (χ1) is 11.4. The highest BCUT2D eigenvalue weighted by Crippen LogP contribution is 2.48. The summed E-state index contributed by atoms with van der Waals surface area (Å²) in [5.41, 5.74) is 5.31. The molecule has 0 aliphatic carbocycles. The van der Waals surface area contributed by atoms with Crippen LogP contribution in [-0.4, -0.2) is 41.5 Å². The van der Waals surface area contributed by atoms with Crippen molar-refractivity contribution in [3.8, 4) is 0 Å². The van der Waals surface area contributed by atoms with Crippen molar-refractivity contribution >= 4 is 28.7 Å². The summed E-state index contributed by atoms with van der Waals surface area (Å²) in [4.78, 5) is 15.4. The number of amidine groups is 1. The Kier molecular flexibility index (Phi) is 4.64. The first-order valence-corrected chi connectivity index (χ1v) is 8.39. The van der Waals surface area contributed by atoms with Crippen molar-refractivity contribution in [3.05, 3.63) is 29.6 Å². The Morgan fingerprint density at radius 2 is 2.38 bits per heavy atom. The summed E-state index contributed by atoms with van der Waals surface area (Å²) < 4.78 is 33.2. The molecule has 1 aromatic rings. The van der Waals surface area contributed by atoms with E-state index in [1.807, 2.05) is 0 Å². The highest BCUT2D eigenvalue weighted by atomic mass is 32.2. The second-order valence-electron chi connectivity index (χ2n) is 5.83. The number of carboxylic acid groups (broad SMARTS) is 1. The van der Waals surface area contributed by atoms with Gasteiger partial charge in [-0.15, -0.1) is 0 Å². The number of anilines is 1. The number of alkyl halides is 1. The van der Waals surface area contributed by atoms with E-state index in [0.29, 0.717) is 11.4 Å². The van der Waals surface area contributed by atoms with Crippen molar-refractivity contribution < 1.29 is 23.4 Å². The maximum Gasteiger partial charge on any atom is 0.410 e. The van der Waals surface area contributed by atoms with E-state index in [9.17, 15) is 13.6 Å². The molecule has 24 heavy (non-hydrogen) atoms. The number of nitrogens with one attached hydrogen (secondary N) is 1. The minimum atomic E-state index is -1.25. The Morgan fingerprint density at radius 1 is 1.58 bits per heavy atom. The van der Waals surface area contributed by atoms with Crippen molar-refractivity contribution in [1.29, 1.82) is 0 Å². The number of hydrogen-bond donors (Lipinski definition) is 3. The van der Waals surface area contributed by atoms with Crippen LogP contribution in [0.15, 0.2) is 23.2 Å². The van der Waals surface area contributed by atoms with Crippen LogP contribution in [-0.2, 0) is 10.3 Å². The number of rotatable bonds is 2. The van der Waals surface area contributed by atoms with E-state index in [4.69, 9.17) is 15.6 Å². The monoisotopic (exact) mass is 357 g/mol. The normalized spacial score (nSPS) is 29.5. The largest absolute Gasteiger partial charge is 0.465 e. The summed E-state index contributed by atoms with van der Waals surface area (Å²) in [6.07, 6.45) is -1.85. The molecule has 6 nitrogen and oxygen atoms in total. The smallest absolute Gasteiger partial charge is 0.410 e. The lowest BCUT2D eigenvalue weighted by Crippen LogP contribution is -2.51. The number of ether oxygens (including phenoxy) is 1. The van der Waals surface area contributed by atoms with Gasteiger partial charge in [0.25, 0.3) is 0 Å². The molecular formula is C15H17F2N3O3S. The first kappa shape index (κ1) is 17.0. The van der Waals surface area contributed by atoms with Crippen LogP contribution in [0.5, 0.6) is 0 Å². The third kappa shape index (κ3) is 3.05. The maximum absolute atomic E-state index is 14.5. The van der Waals surface area contributed by atoms with Gasteiger partial charge in [-0.25, -0.2) is 13.6 Å². The molecule has 2 aliphatic rings. The number of nitrogens with zero attached hydrogens (tertiary/aromatic N) is 1. The first-order valence-electron chi connectivity index (χ1n) is 7.40. The van der Waals surface area contributed by atoms with Crippen LogP contribution in [0.3, 0.4) is 0 Å². The number of thioether (sulfide) groups is 1. The fourth-order valence-corrected chi connectivity index (χ4v) is 4.32. The van der Waals surface area contributed by atoms with E-state index in [1.54, 1.807) is 0 Å². The van der Waals surface area contributed by atoms with Gasteiger partial charge in [0.1, 0.15) is 12.5 Å². The van der Waals surface area contributed by atoms with Gasteiger partial charge in [-0.1, -0.05) is 11.8 Å². The average Bonchev–Trinajstić information content (AvgIpc) is 2.55. The lowest BCUT2D eigenvalue weighted by molar-refractivity contribution is -0.0621. The number of hydrogen-bond acceptors (Lipinski definition) is 5. The molecule has 0 unspecified atom stereocenters. The molecule has 1 saturated heterocycles. The number of fused-ring (bicyclic) bond motifs is 1. The predicted octanol–water partition coefficient (Wildman–Crippen LogP) is 2.35. The van der Waals surface area contributed by atoms with E-state index in [1.165, 1.54) is 30.0 Å². The minimum absolute atomic E-state index is 0.125. The van der Waals surface area contributed by atoms with Gasteiger partial charge in [0.2, 0.25) is 0 Å². The standard InChI is InChI=1S/C15H17F2N3O3S/c16-5-10-4-15(11-3-9(18)1-2-12(11)17)8(6-23-10)7-24-13(20-15)19-14(21)22/h1-3,8,10H,4-7,18H2,(H,19,20)(H,21,22)/t8-,10+,15-/m0/s1. The molecule has 1 aromatic carbocycles. The Hall–Kier alpha value is -1.87. The third-order valence-corrected chi connectivity index (χ3v) is 5.35. The molecule has 4 N–H and O–H groups in total. The van der Waals surface area contributed by atoms with Crippen molar-refractivity contribution in [2.45, 2.75) is 18.1 Å². The molecule has 0 aromatic heterocycles. The van der Waals surface area contributed by atoms with Gasteiger partial charge in [-0.05, 0) is 18.2 Å². The number of carbonyl (C=O) groups is 1. The summed E-state index contributed by atoms with van der Waals surface area (Å²) >= 11 is 1.22. The van der Waals surface area contributed by atoms with Crippen LogP contribution in [0.25, 0.3) is 0 Å². The second kappa shape index (κ2) is 6.56. The Labute approximate surface area is 141 Å². The molecule has 2 aliphatic heterocycles. The van der Waals surface area contributed by atoms with Crippen molar-refractivity contribution in [2.24, 2.45) is 10.9 Å². The van der Waals surface area contributed by atoms with Gasteiger partial charge in [0.05, 0.1) is 18.2 Å². The fraction of sp³-hybridized carbons (Fsp3) is 0.467. The summed E-state index contributed by atoms with van der Waals surface area (Å²) in [7, 11) is 0.